The standard InChI is InChI=1S/C21H17FN4OS/c22-15-5-7-16(8-6-15)25-26-21(27)20-19(10-12-28-20)24-13-14-9-11-23-18-4-2-1-3-17(14)18/h1-12,24-25H,13H2,(H,26,27). The van der Waals surface area contributed by atoms with Gasteiger partial charge in [-0.05, 0) is 53.4 Å². The molecule has 3 N–H and O–H groups in total. The number of halogens is 1. The second-order valence-electron chi connectivity index (χ2n) is 6.09. The van der Waals surface area contributed by atoms with Gasteiger partial charge in [-0.25, -0.2) is 4.39 Å². The van der Waals surface area contributed by atoms with E-state index < -0.39 is 0 Å². The monoisotopic (exact) mass is 392 g/mol. The van der Waals surface area contributed by atoms with Crippen LogP contribution < -0.4 is 16.2 Å². The van der Waals surface area contributed by atoms with E-state index in [-0.39, 0.29) is 11.7 Å². The summed E-state index contributed by atoms with van der Waals surface area (Å²) < 4.78 is 13.0. The Morgan fingerprint density at radius 1 is 1.04 bits per heavy atom. The number of para-hydroxylation sites is 1. The number of hydrazine groups is 1. The van der Waals surface area contributed by atoms with E-state index in [4.69, 9.17) is 0 Å². The summed E-state index contributed by atoms with van der Waals surface area (Å²) in [6, 6.07) is 17.6. The van der Waals surface area contributed by atoms with E-state index in [9.17, 15) is 9.18 Å². The maximum absolute atomic E-state index is 13.0. The SMILES string of the molecule is O=C(NNc1ccc(F)cc1)c1sccc1NCc1ccnc2ccccc12. The largest absolute Gasteiger partial charge is 0.380 e. The van der Waals surface area contributed by atoms with Crippen molar-refractivity contribution in [2.75, 3.05) is 10.7 Å². The molecule has 2 aromatic heterocycles. The third kappa shape index (κ3) is 3.94. The molecule has 140 valence electrons. The van der Waals surface area contributed by atoms with Crippen molar-refractivity contribution in [3.8, 4) is 0 Å². The third-order valence-corrected chi connectivity index (χ3v) is 5.16. The molecule has 4 rings (SSSR count). The van der Waals surface area contributed by atoms with Gasteiger partial charge in [0.2, 0.25) is 0 Å². The Labute approximate surface area is 165 Å². The van der Waals surface area contributed by atoms with Crippen LogP contribution in [0.2, 0.25) is 0 Å². The Morgan fingerprint density at radius 2 is 1.86 bits per heavy atom. The van der Waals surface area contributed by atoms with Crippen LogP contribution in [0.25, 0.3) is 10.9 Å². The molecule has 1 amide bonds. The number of fused-ring (bicyclic) bond motifs is 1. The number of hydrogen-bond acceptors (Lipinski definition) is 5. The quantitative estimate of drug-likeness (QED) is 0.412. The van der Waals surface area contributed by atoms with Crippen molar-refractivity contribution in [1.82, 2.24) is 10.4 Å². The average Bonchev–Trinajstić information content (AvgIpc) is 3.20. The van der Waals surface area contributed by atoms with E-state index in [0.29, 0.717) is 17.1 Å². The minimum atomic E-state index is -0.328. The van der Waals surface area contributed by atoms with Crippen LogP contribution in [0.4, 0.5) is 15.8 Å². The van der Waals surface area contributed by atoms with Gasteiger partial charge in [0, 0.05) is 18.1 Å². The van der Waals surface area contributed by atoms with Crippen molar-refractivity contribution in [2.45, 2.75) is 6.54 Å². The molecule has 0 aliphatic carbocycles. The zero-order valence-corrected chi connectivity index (χ0v) is 15.6. The number of carbonyl (C=O) groups excluding carboxylic acids is 1. The maximum atomic E-state index is 13.0. The Morgan fingerprint density at radius 3 is 2.71 bits per heavy atom. The fraction of sp³-hybridized carbons (Fsp3) is 0.0476. The first kappa shape index (κ1) is 17.9. The van der Waals surface area contributed by atoms with Crippen LogP contribution in [-0.4, -0.2) is 10.9 Å². The van der Waals surface area contributed by atoms with Gasteiger partial charge in [0.25, 0.3) is 5.91 Å². The Bertz CT molecular complexity index is 1110. The molecule has 7 heteroatoms. The Hall–Kier alpha value is -3.45. The molecule has 0 saturated carbocycles. The van der Waals surface area contributed by atoms with Gasteiger partial charge in [0.1, 0.15) is 10.7 Å². The van der Waals surface area contributed by atoms with Crippen molar-refractivity contribution >= 4 is 39.5 Å². The second kappa shape index (κ2) is 8.06. The lowest BCUT2D eigenvalue weighted by atomic mass is 10.1. The molecule has 0 saturated heterocycles. The highest BCUT2D eigenvalue weighted by Gasteiger charge is 2.13. The van der Waals surface area contributed by atoms with Crippen molar-refractivity contribution in [2.24, 2.45) is 0 Å². The van der Waals surface area contributed by atoms with Crippen LogP contribution in [0.3, 0.4) is 0 Å². The number of rotatable bonds is 6. The fourth-order valence-corrected chi connectivity index (χ4v) is 3.61. The molecule has 0 aliphatic heterocycles. The zero-order chi connectivity index (χ0) is 19.3. The summed E-state index contributed by atoms with van der Waals surface area (Å²) in [7, 11) is 0. The molecule has 5 nitrogen and oxygen atoms in total. The van der Waals surface area contributed by atoms with E-state index in [0.717, 1.165) is 22.2 Å². The molecule has 0 aliphatic rings. The zero-order valence-electron chi connectivity index (χ0n) is 14.8. The smallest absolute Gasteiger partial charge is 0.281 e. The molecule has 0 fully saturated rings. The van der Waals surface area contributed by atoms with E-state index in [2.05, 4.69) is 21.2 Å². The van der Waals surface area contributed by atoms with Gasteiger partial charge in [-0.3, -0.25) is 20.6 Å². The van der Waals surface area contributed by atoms with Gasteiger partial charge in [-0.15, -0.1) is 11.3 Å². The number of hydrogen-bond donors (Lipinski definition) is 3. The lowest BCUT2D eigenvalue weighted by Crippen LogP contribution is -2.29. The van der Waals surface area contributed by atoms with Crippen LogP contribution in [0.1, 0.15) is 15.2 Å². The van der Waals surface area contributed by atoms with Crippen molar-refractivity contribution in [3.05, 3.63) is 88.5 Å². The molecule has 2 heterocycles. The molecular formula is C21H17FN4OS. The number of carbonyl (C=O) groups is 1. The molecular weight excluding hydrogens is 375 g/mol. The number of thiophene rings is 1. The van der Waals surface area contributed by atoms with Crippen molar-refractivity contribution in [1.29, 1.82) is 0 Å². The number of aromatic nitrogens is 1. The topological polar surface area (TPSA) is 66.1 Å². The molecule has 4 aromatic rings. The molecule has 0 radical (unpaired) electrons. The number of nitrogens with one attached hydrogen (secondary N) is 3. The molecule has 0 atom stereocenters. The highest BCUT2D eigenvalue weighted by molar-refractivity contribution is 7.12. The molecule has 28 heavy (non-hydrogen) atoms. The van der Waals surface area contributed by atoms with Crippen LogP contribution in [-0.2, 0) is 6.54 Å². The molecule has 0 spiro atoms. The lowest BCUT2D eigenvalue weighted by molar-refractivity contribution is 0.0967. The number of amides is 1. The minimum absolute atomic E-state index is 0.263. The van der Waals surface area contributed by atoms with Crippen LogP contribution in [0, 0.1) is 5.82 Å². The molecule has 0 unspecified atom stereocenters. The number of anilines is 2. The van der Waals surface area contributed by atoms with Crippen molar-refractivity contribution in [3.63, 3.8) is 0 Å². The van der Waals surface area contributed by atoms with Crippen molar-refractivity contribution < 1.29 is 9.18 Å². The van der Waals surface area contributed by atoms with Crippen LogP contribution >= 0.6 is 11.3 Å². The highest BCUT2D eigenvalue weighted by atomic mass is 32.1. The summed E-state index contributed by atoms with van der Waals surface area (Å²) in [5.41, 5.74) is 8.83. The predicted molar refractivity (Wildman–Crippen MR) is 111 cm³/mol. The Kier molecular flexibility index (Phi) is 5.16. The Balaban J connectivity index is 1.43. The minimum Gasteiger partial charge on any atom is -0.380 e. The number of benzene rings is 2. The van der Waals surface area contributed by atoms with Crippen LogP contribution in [0.5, 0.6) is 0 Å². The summed E-state index contributed by atoms with van der Waals surface area (Å²) >= 11 is 1.35. The van der Waals surface area contributed by atoms with Gasteiger partial charge in [0.05, 0.1) is 16.9 Å². The van der Waals surface area contributed by atoms with E-state index >= 15 is 0 Å². The van der Waals surface area contributed by atoms with Crippen LogP contribution in [0.15, 0.2) is 72.2 Å². The van der Waals surface area contributed by atoms with E-state index in [1.165, 1.54) is 23.5 Å². The predicted octanol–water partition coefficient (Wildman–Crippen LogP) is 4.80. The molecule has 0 bridgehead atoms. The summed E-state index contributed by atoms with van der Waals surface area (Å²) in [5, 5.41) is 6.27. The van der Waals surface area contributed by atoms with Gasteiger partial charge < -0.3 is 5.32 Å². The van der Waals surface area contributed by atoms with Gasteiger partial charge in [-0.1, -0.05) is 18.2 Å². The summed E-state index contributed by atoms with van der Waals surface area (Å²) in [4.78, 5) is 17.4. The summed E-state index contributed by atoms with van der Waals surface area (Å²) in [6.45, 7) is 0.575. The van der Waals surface area contributed by atoms with E-state index in [1.54, 1.807) is 18.3 Å². The molecule has 2 aromatic carbocycles. The number of nitrogens with zero attached hydrogens (tertiary/aromatic N) is 1. The average molecular weight is 392 g/mol. The summed E-state index contributed by atoms with van der Waals surface area (Å²) in [5.74, 6) is -0.591. The van der Waals surface area contributed by atoms with E-state index in [1.807, 2.05) is 41.8 Å². The first-order valence-electron chi connectivity index (χ1n) is 8.66. The normalized spacial score (nSPS) is 10.6. The summed E-state index contributed by atoms with van der Waals surface area (Å²) in [6.07, 6.45) is 1.78. The van der Waals surface area contributed by atoms with Gasteiger partial charge in [-0.2, -0.15) is 0 Å². The lowest BCUT2D eigenvalue weighted by Gasteiger charge is -2.11. The highest BCUT2D eigenvalue weighted by Crippen LogP contribution is 2.24. The first-order chi connectivity index (χ1) is 13.7. The van der Waals surface area contributed by atoms with Gasteiger partial charge >= 0.3 is 0 Å². The second-order valence-corrected chi connectivity index (χ2v) is 7.01. The van der Waals surface area contributed by atoms with Gasteiger partial charge in [0.15, 0.2) is 0 Å². The fourth-order valence-electron chi connectivity index (χ4n) is 2.84. The number of pyridine rings is 1. The third-order valence-electron chi connectivity index (χ3n) is 4.24. The maximum Gasteiger partial charge on any atom is 0.281 e. The first-order valence-corrected chi connectivity index (χ1v) is 9.54.